The van der Waals surface area contributed by atoms with Gasteiger partial charge in [-0.1, -0.05) is 24.3 Å². The molecule has 4 rings (SSSR count). The number of phosphoric acid groups is 2. The van der Waals surface area contributed by atoms with E-state index >= 15 is 0 Å². The van der Waals surface area contributed by atoms with Crippen LogP contribution < -0.4 is 31.0 Å². The van der Waals surface area contributed by atoms with Crippen molar-refractivity contribution in [3.05, 3.63) is 69.5 Å². The second-order valence-corrected chi connectivity index (χ2v) is 14.5. The molecule has 1 fully saturated rings. The van der Waals surface area contributed by atoms with E-state index in [2.05, 4.69) is 13.1 Å². The molecule has 0 bridgehead atoms. The number of ether oxygens (including phenoxy) is 1. The lowest BCUT2D eigenvalue weighted by Gasteiger charge is -2.36. The summed E-state index contributed by atoms with van der Waals surface area (Å²) in [5, 5.41) is 11.8. The van der Waals surface area contributed by atoms with Crippen molar-refractivity contribution in [1.29, 1.82) is 0 Å². The normalized spacial score (nSPS) is 23.6. The van der Waals surface area contributed by atoms with Gasteiger partial charge >= 0.3 is 5.69 Å². The molecule has 42 heavy (non-hydrogen) atoms. The minimum atomic E-state index is -6.26. The lowest BCUT2D eigenvalue weighted by Crippen LogP contribution is -2.37. The number of nitrogens with zero attached hydrogens (tertiary/aromatic N) is 1. The number of rotatable bonds is 11. The number of anilines is 1. The summed E-state index contributed by atoms with van der Waals surface area (Å²) in [6, 6.07) is 7.65. The molecule has 2 aromatic carbocycles. The van der Waals surface area contributed by atoms with Crippen LogP contribution in [0.1, 0.15) is 19.1 Å². The molecule has 3 aromatic rings. The van der Waals surface area contributed by atoms with Gasteiger partial charge in [0.05, 0.1) is 4.90 Å². The van der Waals surface area contributed by atoms with E-state index < -0.39 is 74.0 Å². The Morgan fingerprint density at radius 1 is 1.05 bits per heavy atom. The monoisotopic (exact) mass is 669 g/mol. The Bertz CT molecular complexity index is 1890. The third-order valence-electron chi connectivity index (χ3n) is 5.56. The van der Waals surface area contributed by atoms with Gasteiger partial charge in [-0.3, -0.25) is 32.4 Å². The maximum absolute atomic E-state index is 12.4. The van der Waals surface area contributed by atoms with E-state index in [1.54, 1.807) is 5.09 Å². The Labute approximate surface area is 234 Å². The maximum Gasteiger partial charge on any atom is 0.330 e. The summed E-state index contributed by atoms with van der Waals surface area (Å²) in [6.45, 7) is -1.25. The minimum Gasteiger partial charge on any atom is -0.761 e. The first kappa shape index (κ1) is 32.4. The van der Waals surface area contributed by atoms with Crippen LogP contribution in [0.2, 0.25) is 0 Å². The average Bonchev–Trinajstić information content (AvgIpc) is 3.22. The van der Waals surface area contributed by atoms with Crippen molar-refractivity contribution < 1.29 is 64.3 Å². The molecule has 3 N–H and O–H groups in total. The number of H-pyrrole nitrogens is 1. The molecule has 0 amide bonds. The quantitative estimate of drug-likeness (QED) is 0.165. The lowest BCUT2D eigenvalue weighted by atomic mass is 10.1. The molecule has 2 heterocycles. The third kappa shape index (κ3) is 7.89. The number of aromatic amines is 1. The molecule has 3 unspecified atom stereocenters. The summed E-state index contributed by atoms with van der Waals surface area (Å²) < 4.78 is 89.2. The molecule has 23 heteroatoms. The van der Waals surface area contributed by atoms with Crippen LogP contribution in [-0.4, -0.2) is 40.0 Å². The van der Waals surface area contributed by atoms with Crippen LogP contribution in [0.3, 0.4) is 0 Å². The van der Waals surface area contributed by atoms with Crippen LogP contribution in [0.25, 0.3) is 10.8 Å². The smallest absolute Gasteiger partial charge is 0.330 e. The molecule has 1 saturated heterocycles. The van der Waals surface area contributed by atoms with Gasteiger partial charge in [-0.25, -0.2) is 17.5 Å². The van der Waals surface area contributed by atoms with Crippen LogP contribution in [0.4, 0.5) is 5.69 Å². The van der Waals surface area contributed by atoms with Gasteiger partial charge in [0.1, 0.15) is 23.0 Å². The lowest BCUT2D eigenvalue weighted by molar-refractivity contribution is -0.261. The highest BCUT2D eigenvalue weighted by Crippen LogP contribution is 2.62. The minimum absolute atomic E-state index is 0.0690. The number of nitrogens with one attached hydrogen (secondary N) is 2. The van der Waals surface area contributed by atoms with Crippen LogP contribution >= 0.6 is 23.4 Å². The first-order valence-corrected chi connectivity index (χ1v) is 17.1. The van der Waals surface area contributed by atoms with Crippen molar-refractivity contribution in [1.82, 2.24) is 9.55 Å². The highest BCUT2D eigenvalue weighted by atomic mass is 32.2. The molecule has 0 aliphatic carbocycles. The first-order chi connectivity index (χ1) is 19.3. The van der Waals surface area contributed by atoms with E-state index in [1.807, 2.05) is 4.98 Å². The average molecular weight is 669 g/mol. The second kappa shape index (κ2) is 11.5. The van der Waals surface area contributed by atoms with Gasteiger partial charge in [-0.15, -0.1) is 0 Å². The maximum atomic E-state index is 12.4. The molecule has 19 nitrogen and oxygen atoms in total. The fraction of sp³-hybridized carbons (Fsp3) is 0.263. The first-order valence-electron chi connectivity index (χ1n) is 11.3. The molecule has 0 radical (unpaired) electrons. The topological polar surface area (TPSA) is 302 Å². The Morgan fingerprint density at radius 3 is 2.38 bits per heavy atom. The van der Waals surface area contributed by atoms with Crippen molar-refractivity contribution >= 4 is 50.0 Å². The number of hydrogen-bond donors (Lipinski definition) is 3. The molecule has 230 valence electrons. The van der Waals surface area contributed by atoms with E-state index in [-0.39, 0.29) is 23.6 Å². The van der Waals surface area contributed by atoms with E-state index in [0.717, 1.165) is 41.1 Å². The molecular weight excluding hydrogens is 651 g/mol. The predicted octanol–water partition coefficient (Wildman–Crippen LogP) is -0.841. The van der Waals surface area contributed by atoms with Crippen molar-refractivity contribution in [2.24, 2.45) is 0 Å². The summed E-state index contributed by atoms with van der Waals surface area (Å²) in [5.74, 6) is -2.38. The second-order valence-electron chi connectivity index (χ2n) is 8.63. The zero-order chi connectivity index (χ0) is 31.1. The van der Waals surface area contributed by atoms with Gasteiger partial charge in [0, 0.05) is 35.1 Å². The van der Waals surface area contributed by atoms with Crippen LogP contribution in [0.5, 0.6) is 0 Å². The molecular formula is C19H18N3O16P3S-4. The Balaban J connectivity index is 1.41. The summed E-state index contributed by atoms with van der Waals surface area (Å²) in [5.41, 5.74) is -2.04. The fourth-order valence-electron chi connectivity index (χ4n) is 3.91. The Hall–Kier alpha value is -2.54. The number of benzene rings is 2. The van der Waals surface area contributed by atoms with E-state index in [0.29, 0.717) is 0 Å². The van der Waals surface area contributed by atoms with Crippen LogP contribution in [0, 0.1) is 0 Å². The van der Waals surface area contributed by atoms with Gasteiger partial charge in [0.2, 0.25) is 7.75 Å². The van der Waals surface area contributed by atoms with Crippen molar-refractivity contribution in [3.63, 3.8) is 0 Å². The molecule has 1 aromatic heterocycles. The Kier molecular flexibility index (Phi) is 8.88. The van der Waals surface area contributed by atoms with Crippen LogP contribution in [-0.2, 0) is 41.7 Å². The van der Waals surface area contributed by atoms with Gasteiger partial charge in [-0.2, -0.15) is 0 Å². The molecule has 1 aliphatic heterocycles. The number of fused-ring (bicyclic) bond motifs is 1. The van der Waals surface area contributed by atoms with Gasteiger partial charge in [0.15, 0.2) is 5.79 Å². The molecule has 0 saturated carbocycles. The van der Waals surface area contributed by atoms with Gasteiger partial charge < -0.3 is 38.7 Å². The molecule has 1 aliphatic rings. The SMILES string of the molecule is O=c1ccn([C@H]2CC[C@@](O)(COP(=O)([O-])OP(=O)([O-])OP(=O)([O-])Nc3cccc4c(S(=O)(=O)[O-])cccc34)O2)c(=O)[nH]1. The highest BCUT2D eigenvalue weighted by Gasteiger charge is 2.41. The number of hydrogen-bond acceptors (Lipinski definition) is 16. The standard InChI is InChI=1S/C19H22N3O16P3S/c23-16-8-10-22(18(24)20-16)17-7-9-19(25,36-17)11-35-40(28,29)38-41(30,31)37-39(26,27)21-14-5-1-4-13-12(14)3-2-6-15(13)42(32,33)34/h1-6,8,10,17,25H,7,9,11H2,(H,28,29)(H,30,31)(H,20,23,24)(H2,21,26,27)(H,32,33,34)/p-4/t17-,19+/m1/s1. The summed E-state index contributed by atoms with van der Waals surface area (Å²) in [6.07, 6.45) is -0.501. The number of aromatic nitrogens is 2. The van der Waals surface area contributed by atoms with Crippen molar-refractivity contribution in [2.75, 3.05) is 11.7 Å². The zero-order valence-electron chi connectivity index (χ0n) is 20.6. The third-order valence-corrected chi connectivity index (χ3v) is 10.7. The number of aliphatic hydroxyl groups is 1. The largest absolute Gasteiger partial charge is 0.761 e. The Morgan fingerprint density at radius 2 is 1.71 bits per heavy atom. The van der Waals surface area contributed by atoms with Gasteiger partial charge in [-0.05, 0) is 18.6 Å². The van der Waals surface area contributed by atoms with E-state index in [9.17, 15) is 56.0 Å². The van der Waals surface area contributed by atoms with Crippen molar-refractivity contribution in [2.45, 2.75) is 29.8 Å². The van der Waals surface area contributed by atoms with Crippen molar-refractivity contribution in [3.8, 4) is 0 Å². The fourth-order valence-corrected chi connectivity index (χ4v) is 8.23. The van der Waals surface area contributed by atoms with E-state index in [4.69, 9.17) is 4.74 Å². The summed E-state index contributed by atoms with van der Waals surface area (Å²) >= 11 is 0. The number of phosphoric ester groups is 1. The predicted molar refractivity (Wildman–Crippen MR) is 132 cm³/mol. The van der Waals surface area contributed by atoms with E-state index in [1.165, 1.54) is 12.1 Å². The summed E-state index contributed by atoms with van der Waals surface area (Å²) in [4.78, 5) is 61.0. The zero-order valence-corrected chi connectivity index (χ0v) is 24.1. The van der Waals surface area contributed by atoms with Crippen LogP contribution in [0.15, 0.2) is 63.1 Å². The summed E-state index contributed by atoms with van der Waals surface area (Å²) in [7, 11) is -22.9. The van der Waals surface area contributed by atoms with Gasteiger partial charge in [0.25, 0.3) is 21.2 Å². The molecule has 5 atom stereocenters. The molecule has 0 spiro atoms. The highest BCUT2D eigenvalue weighted by molar-refractivity contribution is 7.86.